The van der Waals surface area contributed by atoms with Gasteiger partial charge in [0.15, 0.2) is 11.5 Å². The van der Waals surface area contributed by atoms with Crippen LogP contribution in [0.4, 0.5) is 0 Å². The van der Waals surface area contributed by atoms with E-state index < -0.39 is 12.0 Å². The van der Waals surface area contributed by atoms with Gasteiger partial charge < -0.3 is 19.3 Å². The molecule has 0 fully saturated rings. The second kappa shape index (κ2) is 6.92. The highest BCUT2D eigenvalue weighted by atomic mass is 79.9. The molecule has 0 radical (unpaired) electrons. The smallest absolute Gasteiger partial charge is 0.325 e. The topological polar surface area (TPSA) is 77.0 Å². The van der Waals surface area contributed by atoms with Crippen molar-refractivity contribution in [3.05, 3.63) is 22.2 Å². The molecule has 0 amide bonds. The van der Waals surface area contributed by atoms with E-state index in [0.29, 0.717) is 47.9 Å². The highest BCUT2D eigenvalue weighted by Gasteiger charge is 2.24. The van der Waals surface area contributed by atoms with Crippen molar-refractivity contribution in [1.29, 1.82) is 0 Å². The fraction of sp³-hybridized carbons (Fsp3) is 0.462. The zero-order valence-corrected chi connectivity index (χ0v) is 12.6. The standard InChI is InChI=1S/C13H16BrNO5/c1-18-3-2-15-11(13(16)17)8-6-9(14)12-10(7-8)19-4-5-20-12/h6-7,11,15H,2-5H2,1H3,(H,16,17). The fourth-order valence-corrected chi connectivity index (χ4v) is 2.52. The third kappa shape index (κ3) is 3.41. The molecule has 1 aliphatic heterocycles. The molecule has 0 saturated heterocycles. The average Bonchev–Trinajstić information content (AvgIpc) is 2.43. The summed E-state index contributed by atoms with van der Waals surface area (Å²) in [6.45, 7) is 1.83. The summed E-state index contributed by atoms with van der Waals surface area (Å²) in [6, 6.07) is 2.60. The Morgan fingerprint density at radius 2 is 2.25 bits per heavy atom. The lowest BCUT2D eigenvalue weighted by Crippen LogP contribution is -2.31. The molecule has 0 spiro atoms. The van der Waals surface area contributed by atoms with E-state index in [1.807, 2.05) is 0 Å². The summed E-state index contributed by atoms with van der Waals surface area (Å²) in [5, 5.41) is 12.3. The van der Waals surface area contributed by atoms with Crippen LogP contribution >= 0.6 is 15.9 Å². The first kappa shape index (κ1) is 15.1. The molecule has 0 aromatic heterocycles. The Kier molecular flexibility index (Phi) is 5.22. The Morgan fingerprint density at radius 3 is 2.95 bits per heavy atom. The third-order valence-corrected chi connectivity index (χ3v) is 3.44. The summed E-state index contributed by atoms with van der Waals surface area (Å²) in [6.07, 6.45) is 0. The molecule has 2 N–H and O–H groups in total. The molecule has 1 atom stereocenters. The van der Waals surface area contributed by atoms with Gasteiger partial charge in [0.05, 0.1) is 11.1 Å². The van der Waals surface area contributed by atoms with Crippen molar-refractivity contribution in [3.63, 3.8) is 0 Å². The fourth-order valence-electron chi connectivity index (χ4n) is 1.95. The minimum Gasteiger partial charge on any atom is -0.486 e. The predicted octanol–water partition coefficient (Wildman–Crippen LogP) is 1.58. The second-order valence-corrected chi connectivity index (χ2v) is 5.10. The summed E-state index contributed by atoms with van der Waals surface area (Å²) in [7, 11) is 1.57. The van der Waals surface area contributed by atoms with Gasteiger partial charge in [-0.05, 0) is 33.6 Å². The number of hydrogen-bond acceptors (Lipinski definition) is 5. The zero-order valence-electron chi connectivity index (χ0n) is 11.0. The van der Waals surface area contributed by atoms with Gasteiger partial charge in [-0.2, -0.15) is 0 Å². The van der Waals surface area contributed by atoms with Gasteiger partial charge in [0.2, 0.25) is 0 Å². The van der Waals surface area contributed by atoms with E-state index >= 15 is 0 Å². The van der Waals surface area contributed by atoms with Crippen LogP contribution in [0.1, 0.15) is 11.6 Å². The maximum atomic E-state index is 11.4. The lowest BCUT2D eigenvalue weighted by molar-refractivity contribution is -0.139. The maximum absolute atomic E-state index is 11.4. The number of carboxylic acid groups (broad SMARTS) is 1. The van der Waals surface area contributed by atoms with Crippen LogP contribution in [0.5, 0.6) is 11.5 Å². The molecular formula is C13H16BrNO5. The Hall–Kier alpha value is -1.31. The first-order valence-corrected chi connectivity index (χ1v) is 6.97. The Morgan fingerprint density at radius 1 is 1.50 bits per heavy atom. The highest BCUT2D eigenvalue weighted by molar-refractivity contribution is 9.10. The van der Waals surface area contributed by atoms with E-state index in [1.165, 1.54) is 0 Å². The van der Waals surface area contributed by atoms with Crippen LogP contribution in [0.25, 0.3) is 0 Å². The van der Waals surface area contributed by atoms with E-state index in [-0.39, 0.29) is 0 Å². The maximum Gasteiger partial charge on any atom is 0.325 e. The summed E-state index contributed by atoms with van der Waals surface area (Å²) in [5.41, 5.74) is 0.602. The monoisotopic (exact) mass is 345 g/mol. The van der Waals surface area contributed by atoms with Gasteiger partial charge in [0.25, 0.3) is 0 Å². The number of aliphatic carboxylic acids is 1. The third-order valence-electron chi connectivity index (χ3n) is 2.85. The van der Waals surface area contributed by atoms with Crippen molar-refractivity contribution < 1.29 is 24.1 Å². The number of ether oxygens (including phenoxy) is 3. The quantitative estimate of drug-likeness (QED) is 0.762. The van der Waals surface area contributed by atoms with Crippen molar-refractivity contribution in [1.82, 2.24) is 5.32 Å². The van der Waals surface area contributed by atoms with E-state index in [1.54, 1.807) is 19.2 Å². The van der Waals surface area contributed by atoms with Gasteiger partial charge in [0.1, 0.15) is 19.3 Å². The molecule has 1 heterocycles. The Balaban J connectivity index is 2.24. The van der Waals surface area contributed by atoms with Crippen LogP contribution in [-0.2, 0) is 9.53 Å². The van der Waals surface area contributed by atoms with Crippen LogP contribution in [0, 0.1) is 0 Å². The molecule has 0 aliphatic carbocycles. The molecule has 6 nitrogen and oxygen atoms in total. The van der Waals surface area contributed by atoms with E-state index in [0.717, 1.165) is 0 Å². The van der Waals surface area contributed by atoms with E-state index in [2.05, 4.69) is 21.2 Å². The van der Waals surface area contributed by atoms with Gasteiger partial charge in [-0.3, -0.25) is 10.1 Å². The minimum atomic E-state index is -0.954. The Labute approximate surface area is 125 Å². The van der Waals surface area contributed by atoms with Gasteiger partial charge >= 0.3 is 5.97 Å². The first-order valence-electron chi connectivity index (χ1n) is 6.17. The molecule has 1 aromatic rings. The van der Waals surface area contributed by atoms with Crippen molar-refractivity contribution >= 4 is 21.9 Å². The lowest BCUT2D eigenvalue weighted by Gasteiger charge is -2.22. The van der Waals surface area contributed by atoms with Gasteiger partial charge in [-0.1, -0.05) is 0 Å². The number of halogens is 1. The molecule has 110 valence electrons. The minimum absolute atomic E-state index is 0.440. The summed E-state index contributed by atoms with van der Waals surface area (Å²) in [4.78, 5) is 11.4. The summed E-state index contributed by atoms with van der Waals surface area (Å²) in [5.74, 6) is 0.214. The number of fused-ring (bicyclic) bond motifs is 1. The average molecular weight is 346 g/mol. The SMILES string of the molecule is COCCNC(C(=O)O)c1cc(Br)c2c(c1)OCCO2. The van der Waals surface area contributed by atoms with Crippen molar-refractivity contribution in [2.45, 2.75) is 6.04 Å². The second-order valence-electron chi connectivity index (χ2n) is 4.25. The van der Waals surface area contributed by atoms with Crippen LogP contribution in [-0.4, -0.2) is 44.6 Å². The number of nitrogens with one attached hydrogen (secondary N) is 1. The first-order chi connectivity index (χ1) is 9.63. The van der Waals surface area contributed by atoms with Gasteiger partial charge in [-0.15, -0.1) is 0 Å². The molecule has 7 heteroatoms. The molecule has 1 aromatic carbocycles. The normalized spacial score (nSPS) is 14.9. The molecular weight excluding hydrogens is 330 g/mol. The van der Waals surface area contributed by atoms with Crippen LogP contribution in [0.3, 0.4) is 0 Å². The largest absolute Gasteiger partial charge is 0.486 e. The zero-order chi connectivity index (χ0) is 14.5. The number of methoxy groups -OCH3 is 1. The lowest BCUT2D eigenvalue weighted by atomic mass is 10.1. The molecule has 20 heavy (non-hydrogen) atoms. The van der Waals surface area contributed by atoms with Gasteiger partial charge in [-0.25, -0.2) is 0 Å². The molecule has 1 unspecified atom stereocenters. The summed E-state index contributed by atoms with van der Waals surface area (Å²) >= 11 is 3.38. The number of carboxylic acids is 1. The predicted molar refractivity (Wildman–Crippen MR) is 75.4 cm³/mol. The number of rotatable bonds is 6. The number of carbonyl (C=O) groups is 1. The van der Waals surface area contributed by atoms with E-state index in [9.17, 15) is 9.90 Å². The van der Waals surface area contributed by atoms with Crippen molar-refractivity contribution in [2.75, 3.05) is 33.5 Å². The van der Waals surface area contributed by atoms with Crippen LogP contribution in [0.15, 0.2) is 16.6 Å². The van der Waals surface area contributed by atoms with Gasteiger partial charge in [0, 0.05) is 13.7 Å². The van der Waals surface area contributed by atoms with Crippen LogP contribution < -0.4 is 14.8 Å². The molecule has 0 saturated carbocycles. The highest BCUT2D eigenvalue weighted by Crippen LogP contribution is 2.39. The van der Waals surface area contributed by atoms with E-state index in [4.69, 9.17) is 14.2 Å². The molecule has 0 bridgehead atoms. The number of benzene rings is 1. The molecule has 1 aliphatic rings. The van der Waals surface area contributed by atoms with Crippen LogP contribution in [0.2, 0.25) is 0 Å². The van der Waals surface area contributed by atoms with Crippen molar-refractivity contribution in [2.24, 2.45) is 0 Å². The van der Waals surface area contributed by atoms with Crippen molar-refractivity contribution in [3.8, 4) is 11.5 Å². The number of hydrogen-bond donors (Lipinski definition) is 2. The summed E-state index contributed by atoms with van der Waals surface area (Å²) < 4.78 is 16.6. The molecule has 2 rings (SSSR count). The Bertz CT molecular complexity index is 494.